The van der Waals surface area contributed by atoms with Gasteiger partial charge in [-0.2, -0.15) is 0 Å². The molecule has 0 aromatic heterocycles. The quantitative estimate of drug-likeness (QED) is 0.533. The number of nitrogens with zero attached hydrogens (tertiary/aromatic N) is 1. The fourth-order valence-electron chi connectivity index (χ4n) is 2.05. The first-order valence-electron chi connectivity index (χ1n) is 5.72. The maximum absolute atomic E-state index is 3.90. The zero-order chi connectivity index (χ0) is 10.4. The molecule has 0 aromatic carbocycles. The molecule has 2 nitrogen and oxygen atoms in total. The molecule has 1 N–H and O–H groups in total. The highest BCUT2D eigenvalue weighted by Crippen LogP contribution is 2.13. The number of nitrogens with one attached hydrogen (secondary N) is 1. The van der Waals surface area contributed by atoms with Crippen molar-refractivity contribution in [2.24, 2.45) is 5.92 Å². The lowest BCUT2D eigenvalue weighted by Gasteiger charge is -2.29. The molecule has 1 saturated heterocycles. The van der Waals surface area contributed by atoms with Crippen LogP contribution in [0.25, 0.3) is 0 Å². The van der Waals surface area contributed by atoms with Crippen LogP contribution >= 0.6 is 0 Å². The molecule has 14 heavy (non-hydrogen) atoms. The smallest absolute Gasteiger partial charge is 0.00187 e. The fourth-order valence-corrected chi connectivity index (χ4v) is 2.05. The van der Waals surface area contributed by atoms with Crippen molar-refractivity contribution in [1.29, 1.82) is 0 Å². The first kappa shape index (κ1) is 11.7. The molecular formula is C12H24N2. The highest BCUT2D eigenvalue weighted by atomic mass is 15.1. The Kier molecular flexibility index (Phi) is 5.20. The first-order valence-corrected chi connectivity index (χ1v) is 5.72. The summed E-state index contributed by atoms with van der Waals surface area (Å²) in [5, 5.41) is 3.52. The van der Waals surface area contributed by atoms with Crippen LogP contribution in [0.1, 0.15) is 26.2 Å². The SMILES string of the molecule is C=C(C)CCNCC1CCCN(C)C1. The van der Waals surface area contributed by atoms with E-state index in [2.05, 4.69) is 30.8 Å². The topological polar surface area (TPSA) is 15.3 Å². The molecule has 1 rings (SSSR count). The highest BCUT2D eigenvalue weighted by molar-refractivity contribution is 4.88. The Hall–Kier alpha value is -0.340. The molecule has 0 aliphatic carbocycles. The highest BCUT2D eigenvalue weighted by Gasteiger charge is 2.15. The first-order chi connectivity index (χ1) is 6.68. The summed E-state index contributed by atoms with van der Waals surface area (Å²) in [6.45, 7) is 10.8. The van der Waals surface area contributed by atoms with E-state index in [9.17, 15) is 0 Å². The third-order valence-electron chi connectivity index (χ3n) is 2.88. The molecule has 1 atom stereocenters. The van der Waals surface area contributed by atoms with Gasteiger partial charge in [0.2, 0.25) is 0 Å². The lowest BCUT2D eigenvalue weighted by atomic mass is 9.98. The zero-order valence-electron chi connectivity index (χ0n) is 9.68. The molecule has 1 fully saturated rings. The van der Waals surface area contributed by atoms with Crippen LogP contribution in [0.5, 0.6) is 0 Å². The second-order valence-corrected chi connectivity index (χ2v) is 4.68. The van der Waals surface area contributed by atoms with Crippen molar-refractivity contribution in [3.05, 3.63) is 12.2 Å². The van der Waals surface area contributed by atoms with Gasteiger partial charge in [0.05, 0.1) is 0 Å². The van der Waals surface area contributed by atoms with E-state index in [1.165, 1.54) is 38.0 Å². The number of rotatable bonds is 5. The van der Waals surface area contributed by atoms with Gasteiger partial charge in [0.15, 0.2) is 0 Å². The van der Waals surface area contributed by atoms with Gasteiger partial charge >= 0.3 is 0 Å². The van der Waals surface area contributed by atoms with Gasteiger partial charge in [-0.15, -0.1) is 6.58 Å². The molecule has 1 aliphatic rings. The second-order valence-electron chi connectivity index (χ2n) is 4.68. The minimum Gasteiger partial charge on any atom is -0.316 e. The summed E-state index contributed by atoms with van der Waals surface area (Å²) in [5.41, 5.74) is 1.28. The summed E-state index contributed by atoms with van der Waals surface area (Å²) in [6.07, 6.45) is 3.87. The third kappa shape index (κ3) is 4.77. The lowest BCUT2D eigenvalue weighted by Crippen LogP contribution is -2.37. The Morgan fingerprint density at radius 1 is 1.57 bits per heavy atom. The van der Waals surface area contributed by atoms with E-state index in [-0.39, 0.29) is 0 Å². The standard InChI is InChI=1S/C12H24N2/c1-11(2)6-7-13-9-12-5-4-8-14(3)10-12/h12-13H,1,4-10H2,2-3H3. The summed E-state index contributed by atoms with van der Waals surface area (Å²) in [4.78, 5) is 2.44. The minimum absolute atomic E-state index is 0.860. The molecule has 82 valence electrons. The zero-order valence-corrected chi connectivity index (χ0v) is 9.68. The van der Waals surface area contributed by atoms with Crippen LogP contribution in [0.2, 0.25) is 0 Å². The van der Waals surface area contributed by atoms with Crippen molar-refractivity contribution in [3.8, 4) is 0 Å². The van der Waals surface area contributed by atoms with Crippen LogP contribution in [0.15, 0.2) is 12.2 Å². The van der Waals surface area contributed by atoms with Crippen molar-refractivity contribution < 1.29 is 0 Å². The predicted molar refractivity (Wildman–Crippen MR) is 62.5 cm³/mol. The maximum atomic E-state index is 3.90. The van der Waals surface area contributed by atoms with Crippen LogP contribution in [0.3, 0.4) is 0 Å². The number of hydrogen-bond acceptors (Lipinski definition) is 2. The molecule has 1 unspecified atom stereocenters. The van der Waals surface area contributed by atoms with E-state index in [4.69, 9.17) is 0 Å². The van der Waals surface area contributed by atoms with Gasteiger partial charge in [-0.05, 0) is 58.8 Å². The van der Waals surface area contributed by atoms with Crippen LogP contribution < -0.4 is 5.32 Å². The van der Waals surface area contributed by atoms with Crippen molar-refractivity contribution >= 4 is 0 Å². The molecule has 0 aromatic rings. The molecular weight excluding hydrogens is 172 g/mol. The van der Waals surface area contributed by atoms with Gasteiger partial charge in [-0.1, -0.05) is 5.57 Å². The van der Waals surface area contributed by atoms with E-state index in [0.717, 1.165) is 18.9 Å². The molecule has 0 radical (unpaired) electrons. The Morgan fingerprint density at radius 2 is 2.36 bits per heavy atom. The lowest BCUT2D eigenvalue weighted by molar-refractivity contribution is 0.206. The maximum Gasteiger partial charge on any atom is 0.00187 e. The fraction of sp³-hybridized carbons (Fsp3) is 0.833. The summed E-state index contributed by atoms with van der Waals surface area (Å²) >= 11 is 0. The third-order valence-corrected chi connectivity index (χ3v) is 2.88. The monoisotopic (exact) mass is 196 g/mol. The summed E-state index contributed by atoms with van der Waals surface area (Å²) in [7, 11) is 2.22. The minimum atomic E-state index is 0.860. The molecule has 0 spiro atoms. The van der Waals surface area contributed by atoms with Gasteiger partial charge in [0, 0.05) is 6.54 Å². The molecule has 0 bridgehead atoms. The van der Waals surface area contributed by atoms with E-state index in [1.54, 1.807) is 0 Å². The van der Waals surface area contributed by atoms with Gasteiger partial charge in [-0.3, -0.25) is 0 Å². The van der Waals surface area contributed by atoms with Crippen molar-refractivity contribution in [2.45, 2.75) is 26.2 Å². The average Bonchev–Trinajstić information content (AvgIpc) is 2.12. The van der Waals surface area contributed by atoms with E-state index in [0.29, 0.717) is 0 Å². The van der Waals surface area contributed by atoms with Gasteiger partial charge in [0.25, 0.3) is 0 Å². The van der Waals surface area contributed by atoms with Crippen LogP contribution in [0, 0.1) is 5.92 Å². The Bertz CT molecular complexity index is 177. The molecule has 1 heterocycles. The molecule has 0 saturated carbocycles. The summed E-state index contributed by atoms with van der Waals surface area (Å²) in [5.74, 6) is 0.860. The number of hydrogen-bond donors (Lipinski definition) is 1. The van der Waals surface area contributed by atoms with Gasteiger partial charge < -0.3 is 10.2 Å². The number of likely N-dealkylation sites (tertiary alicyclic amines) is 1. The predicted octanol–water partition coefficient (Wildman–Crippen LogP) is 1.88. The van der Waals surface area contributed by atoms with E-state index < -0.39 is 0 Å². The Morgan fingerprint density at radius 3 is 3.00 bits per heavy atom. The average molecular weight is 196 g/mol. The van der Waals surface area contributed by atoms with Crippen molar-refractivity contribution in [2.75, 3.05) is 33.2 Å². The largest absolute Gasteiger partial charge is 0.316 e. The van der Waals surface area contributed by atoms with Gasteiger partial charge in [0.1, 0.15) is 0 Å². The Balaban J connectivity index is 2.03. The normalized spacial score (nSPS) is 23.7. The molecule has 1 aliphatic heterocycles. The van der Waals surface area contributed by atoms with Crippen molar-refractivity contribution in [3.63, 3.8) is 0 Å². The summed E-state index contributed by atoms with van der Waals surface area (Å²) in [6, 6.07) is 0. The van der Waals surface area contributed by atoms with Gasteiger partial charge in [-0.25, -0.2) is 0 Å². The van der Waals surface area contributed by atoms with E-state index in [1.807, 2.05) is 0 Å². The van der Waals surface area contributed by atoms with Crippen LogP contribution in [-0.4, -0.2) is 38.1 Å². The summed E-state index contributed by atoms with van der Waals surface area (Å²) < 4.78 is 0. The van der Waals surface area contributed by atoms with Crippen LogP contribution in [-0.2, 0) is 0 Å². The number of piperidine rings is 1. The molecule has 0 amide bonds. The Labute approximate surface area is 88.4 Å². The molecule has 2 heteroatoms. The van der Waals surface area contributed by atoms with Crippen LogP contribution in [0.4, 0.5) is 0 Å². The van der Waals surface area contributed by atoms with Crippen molar-refractivity contribution in [1.82, 2.24) is 10.2 Å². The van der Waals surface area contributed by atoms with E-state index >= 15 is 0 Å². The second kappa shape index (κ2) is 6.20.